The summed E-state index contributed by atoms with van der Waals surface area (Å²) in [5.41, 5.74) is 0.746. The number of anilines is 1. The van der Waals surface area contributed by atoms with Crippen LogP contribution in [0, 0.1) is 5.92 Å². The number of hydrogen-bond acceptors (Lipinski definition) is 5. The van der Waals surface area contributed by atoms with E-state index in [4.69, 9.17) is 4.74 Å². The number of amides is 1. The third-order valence-electron chi connectivity index (χ3n) is 4.48. The summed E-state index contributed by atoms with van der Waals surface area (Å²) in [5, 5.41) is 10.5. The highest BCUT2D eigenvalue weighted by molar-refractivity contribution is 8.00. The Morgan fingerprint density at radius 3 is 2.76 bits per heavy atom. The first-order valence-corrected chi connectivity index (χ1v) is 9.55. The van der Waals surface area contributed by atoms with Gasteiger partial charge >= 0.3 is 0 Å². The fourth-order valence-electron chi connectivity index (χ4n) is 3.04. The van der Waals surface area contributed by atoms with Crippen molar-refractivity contribution in [3.05, 3.63) is 30.1 Å². The van der Waals surface area contributed by atoms with E-state index in [-0.39, 0.29) is 11.2 Å². The molecular weight excluding hydrogens is 336 g/mol. The number of carbonyl (C=O) groups excluding carboxylic acids is 1. The molecule has 1 atom stereocenters. The Bertz CT molecular complexity index is 695. The number of aromatic amines is 1. The van der Waals surface area contributed by atoms with Crippen LogP contribution in [-0.2, 0) is 11.2 Å². The molecule has 0 unspecified atom stereocenters. The lowest BCUT2D eigenvalue weighted by Crippen LogP contribution is -2.22. The molecule has 25 heavy (non-hydrogen) atoms. The molecule has 0 bridgehead atoms. The van der Waals surface area contributed by atoms with E-state index in [0.717, 1.165) is 29.6 Å². The van der Waals surface area contributed by atoms with Gasteiger partial charge in [-0.25, -0.2) is 4.98 Å². The fraction of sp³-hybridized carbons (Fsp3) is 0.500. The molecule has 1 saturated carbocycles. The third kappa shape index (κ3) is 4.98. The van der Waals surface area contributed by atoms with Crippen molar-refractivity contribution in [2.75, 3.05) is 12.4 Å². The maximum absolute atomic E-state index is 12.3. The van der Waals surface area contributed by atoms with E-state index in [1.807, 2.05) is 31.2 Å². The number of rotatable bonds is 7. The van der Waals surface area contributed by atoms with Gasteiger partial charge in [0.25, 0.3) is 0 Å². The summed E-state index contributed by atoms with van der Waals surface area (Å²) in [6.45, 7) is 1.86. The third-order valence-corrected chi connectivity index (χ3v) is 5.44. The highest BCUT2D eigenvalue weighted by atomic mass is 32.2. The SMILES string of the molecule is COc1ccc(NC(=O)[C@@H](C)Sc2n[nH]c(CC3CCCC3)n2)cc1. The minimum Gasteiger partial charge on any atom is -0.497 e. The van der Waals surface area contributed by atoms with Gasteiger partial charge in [0.05, 0.1) is 12.4 Å². The lowest BCUT2D eigenvalue weighted by molar-refractivity contribution is -0.115. The summed E-state index contributed by atoms with van der Waals surface area (Å²) in [4.78, 5) is 16.9. The Hall–Kier alpha value is -2.02. The van der Waals surface area contributed by atoms with Crippen LogP contribution in [0.1, 0.15) is 38.4 Å². The zero-order chi connectivity index (χ0) is 17.6. The standard InChI is InChI=1S/C18H24N4O2S/c1-12(17(23)19-14-7-9-15(24-2)10-8-14)25-18-20-16(21-22-18)11-13-5-3-4-6-13/h7-10,12-13H,3-6,11H2,1-2H3,(H,19,23)(H,20,21,22)/t12-/m1/s1. The predicted octanol–water partition coefficient (Wildman–Crippen LogP) is 3.67. The normalized spacial score (nSPS) is 15.9. The molecule has 1 fully saturated rings. The molecular formula is C18H24N4O2S. The number of nitrogens with one attached hydrogen (secondary N) is 2. The first kappa shape index (κ1) is 17.8. The molecule has 6 nitrogen and oxygen atoms in total. The van der Waals surface area contributed by atoms with Gasteiger partial charge in [-0.2, -0.15) is 0 Å². The van der Waals surface area contributed by atoms with Gasteiger partial charge in [0, 0.05) is 12.1 Å². The van der Waals surface area contributed by atoms with E-state index >= 15 is 0 Å². The van der Waals surface area contributed by atoms with Gasteiger partial charge in [-0.15, -0.1) is 5.10 Å². The largest absolute Gasteiger partial charge is 0.497 e. The fourth-order valence-corrected chi connectivity index (χ4v) is 3.78. The van der Waals surface area contributed by atoms with Gasteiger partial charge in [-0.1, -0.05) is 37.4 Å². The van der Waals surface area contributed by atoms with Crippen molar-refractivity contribution < 1.29 is 9.53 Å². The van der Waals surface area contributed by atoms with Crippen LogP contribution < -0.4 is 10.1 Å². The lowest BCUT2D eigenvalue weighted by Gasteiger charge is -2.10. The summed E-state index contributed by atoms with van der Waals surface area (Å²) >= 11 is 1.37. The Balaban J connectivity index is 1.51. The monoisotopic (exact) mass is 360 g/mol. The average molecular weight is 360 g/mol. The topological polar surface area (TPSA) is 79.9 Å². The van der Waals surface area contributed by atoms with Crippen LogP contribution >= 0.6 is 11.8 Å². The van der Waals surface area contributed by atoms with E-state index in [1.54, 1.807) is 7.11 Å². The van der Waals surface area contributed by atoms with E-state index in [2.05, 4.69) is 20.5 Å². The van der Waals surface area contributed by atoms with Crippen LogP contribution in [0.4, 0.5) is 5.69 Å². The zero-order valence-corrected chi connectivity index (χ0v) is 15.4. The van der Waals surface area contributed by atoms with Crippen LogP contribution in [0.25, 0.3) is 0 Å². The average Bonchev–Trinajstić information content (AvgIpc) is 3.28. The highest BCUT2D eigenvalue weighted by Gasteiger charge is 2.20. The number of hydrogen-bond donors (Lipinski definition) is 2. The molecule has 134 valence electrons. The van der Waals surface area contributed by atoms with Crippen LogP contribution in [0.5, 0.6) is 5.75 Å². The minimum absolute atomic E-state index is 0.0719. The number of thioether (sulfide) groups is 1. The number of H-pyrrole nitrogens is 1. The summed E-state index contributed by atoms with van der Waals surface area (Å²) in [6.07, 6.45) is 6.17. The van der Waals surface area contributed by atoms with Gasteiger partial charge < -0.3 is 10.1 Å². The van der Waals surface area contributed by atoms with E-state index in [1.165, 1.54) is 37.4 Å². The summed E-state index contributed by atoms with van der Waals surface area (Å²) in [5.74, 6) is 2.34. The maximum atomic E-state index is 12.3. The van der Waals surface area contributed by atoms with Crippen molar-refractivity contribution in [3.63, 3.8) is 0 Å². The van der Waals surface area contributed by atoms with Crippen molar-refractivity contribution in [2.24, 2.45) is 5.92 Å². The molecule has 1 amide bonds. The molecule has 0 saturated heterocycles. The number of benzene rings is 1. The van der Waals surface area contributed by atoms with Gasteiger partial charge in [0.1, 0.15) is 11.6 Å². The second kappa shape index (κ2) is 8.38. The Labute approximate surface area is 152 Å². The smallest absolute Gasteiger partial charge is 0.237 e. The summed E-state index contributed by atoms with van der Waals surface area (Å²) in [6, 6.07) is 7.28. The Kier molecular flexibility index (Phi) is 5.96. The van der Waals surface area contributed by atoms with Gasteiger partial charge in [-0.3, -0.25) is 9.89 Å². The molecule has 0 spiro atoms. The van der Waals surface area contributed by atoms with Crippen LogP contribution in [0.3, 0.4) is 0 Å². The molecule has 1 aromatic heterocycles. The van der Waals surface area contributed by atoms with Crippen molar-refractivity contribution in [3.8, 4) is 5.75 Å². The second-order valence-corrected chi connectivity index (χ2v) is 7.71. The lowest BCUT2D eigenvalue weighted by atomic mass is 10.0. The van der Waals surface area contributed by atoms with Crippen molar-refractivity contribution in [2.45, 2.75) is 49.4 Å². The highest BCUT2D eigenvalue weighted by Crippen LogP contribution is 2.28. The summed E-state index contributed by atoms with van der Waals surface area (Å²) in [7, 11) is 1.62. The molecule has 7 heteroatoms. The van der Waals surface area contributed by atoms with Crippen molar-refractivity contribution >= 4 is 23.4 Å². The number of aromatic nitrogens is 3. The van der Waals surface area contributed by atoms with Gasteiger partial charge in [0.15, 0.2) is 0 Å². The summed E-state index contributed by atoms with van der Waals surface area (Å²) < 4.78 is 5.11. The van der Waals surface area contributed by atoms with Crippen LogP contribution in [0.15, 0.2) is 29.4 Å². The van der Waals surface area contributed by atoms with E-state index in [0.29, 0.717) is 5.16 Å². The molecule has 1 heterocycles. The molecule has 1 aliphatic rings. The molecule has 2 N–H and O–H groups in total. The molecule has 0 aliphatic heterocycles. The van der Waals surface area contributed by atoms with Gasteiger partial charge in [0.2, 0.25) is 11.1 Å². The van der Waals surface area contributed by atoms with Crippen molar-refractivity contribution in [1.29, 1.82) is 0 Å². The predicted molar refractivity (Wildman–Crippen MR) is 99.0 cm³/mol. The van der Waals surface area contributed by atoms with Gasteiger partial charge in [-0.05, 0) is 37.1 Å². The maximum Gasteiger partial charge on any atom is 0.237 e. The first-order chi connectivity index (χ1) is 12.1. The van der Waals surface area contributed by atoms with Crippen LogP contribution in [0.2, 0.25) is 0 Å². The molecule has 3 rings (SSSR count). The van der Waals surface area contributed by atoms with Crippen molar-refractivity contribution in [1.82, 2.24) is 15.2 Å². The van der Waals surface area contributed by atoms with Crippen LogP contribution in [-0.4, -0.2) is 33.4 Å². The number of nitrogens with zero attached hydrogens (tertiary/aromatic N) is 2. The molecule has 0 radical (unpaired) electrons. The van der Waals surface area contributed by atoms with E-state index in [9.17, 15) is 4.79 Å². The number of methoxy groups -OCH3 is 1. The molecule has 2 aromatic rings. The van der Waals surface area contributed by atoms with E-state index < -0.39 is 0 Å². The Morgan fingerprint density at radius 2 is 2.08 bits per heavy atom. The Morgan fingerprint density at radius 1 is 1.36 bits per heavy atom. The molecule has 1 aliphatic carbocycles. The number of ether oxygens (including phenoxy) is 1. The number of carbonyl (C=O) groups is 1. The minimum atomic E-state index is -0.280. The zero-order valence-electron chi connectivity index (χ0n) is 14.6. The molecule has 1 aromatic carbocycles. The second-order valence-electron chi connectivity index (χ2n) is 6.40. The first-order valence-electron chi connectivity index (χ1n) is 8.67. The quantitative estimate of drug-likeness (QED) is 0.737.